The van der Waals surface area contributed by atoms with Crippen LogP contribution in [0.4, 0.5) is 0 Å². The first kappa shape index (κ1) is 118. The van der Waals surface area contributed by atoms with E-state index in [1.165, 1.54) is 31.2 Å². The van der Waals surface area contributed by atoms with E-state index >= 15 is 24.0 Å². The molecule has 0 fully saturated rings. The zero-order chi connectivity index (χ0) is 104. The Balaban J connectivity index is 1.44. The predicted molar refractivity (Wildman–Crippen MR) is 528 cm³/mol. The number of aromatic hydroxyl groups is 1. The summed E-state index contributed by atoms with van der Waals surface area (Å²) in [6.45, 7) is 28.6. The number of rotatable bonds is 61. The summed E-state index contributed by atoms with van der Waals surface area (Å²) in [6.07, 6.45) is 0.354. The number of aliphatic hydroxyl groups is 1. The number of carbonyl (C=O) groups excluding carboxylic acids is 15. The number of phenols is 1. The van der Waals surface area contributed by atoms with Crippen molar-refractivity contribution in [3.8, 4) is 5.75 Å². The molecule has 772 valence electrons. The van der Waals surface area contributed by atoms with E-state index in [4.69, 9.17) is 11.5 Å². The van der Waals surface area contributed by atoms with Crippen LogP contribution in [0, 0.1) is 47.3 Å². The molecule has 39 nitrogen and oxygen atoms in total. The number of amides is 15. The Kier molecular flexibility index (Phi) is 49.4. The number of nitrogens with one attached hydrogen (secondary N) is 16. The van der Waals surface area contributed by atoms with Crippen molar-refractivity contribution in [2.45, 2.75) is 311 Å². The number of unbranched alkanes of at least 4 members (excludes halogenated alkanes) is 1. The Morgan fingerprint density at radius 1 is 0.336 bits per heavy atom. The normalized spacial score (nSPS) is 15.2. The van der Waals surface area contributed by atoms with Gasteiger partial charge in [0.2, 0.25) is 88.6 Å². The maximum atomic E-state index is 15.4. The lowest BCUT2D eigenvalue weighted by molar-refractivity contribution is -0.143. The number of carboxylic acids is 2. The number of para-hydroxylation sites is 1. The van der Waals surface area contributed by atoms with E-state index in [1.54, 1.807) is 174 Å². The highest BCUT2D eigenvalue weighted by Crippen LogP contribution is 2.23. The van der Waals surface area contributed by atoms with Gasteiger partial charge in [-0.1, -0.05) is 208 Å². The Labute approximate surface area is 820 Å². The van der Waals surface area contributed by atoms with Gasteiger partial charge in [-0.3, -0.25) is 76.7 Å². The van der Waals surface area contributed by atoms with Gasteiger partial charge in [0.25, 0.3) is 0 Å². The number of aliphatic hydroxyl groups excluding tert-OH is 1. The lowest BCUT2D eigenvalue weighted by Gasteiger charge is -2.30. The number of hydrogen-bond donors (Lipinski definition) is 22. The molecule has 5 rings (SSSR count). The number of H-pyrrole nitrogens is 1. The average molecular weight is 1950 g/mol. The molecule has 4 aromatic carbocycles. The number of phenolic OH excluding ortho intramolecular Hbond substituents is 1. The molecule has 24 N–H and O–H groups in total. The third-order valence-electron chi connectivity index (χ3n) is 23.7. The van der Waals surface area contributed by atoms with Gasteiger partial charge in [-0.05, 0) is 159 Å². The summed E-state index contributed by atoms with van der Waals surface area (Å²) >= 11 is 0. The van der Waals surface area contributed by atoms with Crippen LogP contribution in [-0.4, -0.2) is 236 Å². The minimum Gasteiger partial charge on any atom is -0.508 e. The molecule has 0 unspecified atom stereocenters. The molecule has 0 aliphatic heterocycles. The Hall–Kier alpha value is -12.9. The van der Waals surface area contributed by atoms with Gasteiger partial charge in [0, 0.05) is 49.2 Å². The molecule has 0 bridgehead atoms. The average Bonchev–Trinajstić information content (AvgIpc) is 1.64. The fraction of sp³-hybridized carbons (Fsp3) is 0.574. The van der Waals surface area contributed by atoms with E-state index in [0.717, 1.165) is 0 Å². The number of carbonyl (C=O) groups is 17. The predicted octanol–water partition coefficient (Wildman–Crippen LogP) is 3.42. The van der Waals surface area contributed by atoms with Crippen LogP contribution in [0.3, 0.4) is 0 Å². The molecule has 15 amide bonds. The van der Waals surface area contributed by atoms with Gasteiger partial charge in [0.1, 0.15) is 96.4 Å². The van der Waals surface area contributed by atoms with Crippen molar-refractivity contribution >= 4 is 111 Å². The smallest absolute Gasteiger partial charge is 0.326 e. The molecule has 0 aliphatic carbocycles. The van der Waals surface area contributed by atoms with Crippen LogP contribution in [0.1, 0.15) is 211 Å². The van der Waals surface area contributed by atoms with Crippen molar-refractivity contribution in [2.75, 3.05) is 13.2 Å². The Morgan fingerprint density at radius 3 is 1.09 bits per heavy atom. The summed E-state index contributed by atoms with van der Waals surface area (Å²) < 4.78 is 0. The summed E-state index contributed by atoms with van der Waals surface area (Å²) in [5.41, 5.74) is 14.6. The van der Waals surface area contributed by atoms with E-state index in [9.17, 15) is 78.0 Å². The number of aromatic amines is 1. The molecular weight excluding hydrogens is 1800 g/mol. The third-order valence-corrected chi connectivity index (χ3v) is 23.7. The summed E-state index contributed by atoms with van der Waals surface area (Å²) in [4.78, 5) is 247. The highest BCUT2D eigenvalue weighted by Gasteiger charge is 2.41. The van der Waals surface area contributed by atoms with E-state index in [0.29, 0.717) is 39.6 Å². The first-order valence-electron chi connectivity index (χ1n) is 48.5. The summed E-state index contributed by atoms with van der Waals surface area (Å²) in [7, 11) is 0. The molecule has 17 atom stereocenters. The van der Waals surface area contributed by atoms with Crippen molar-refractivity contribution in [2.24, 2.45) is 58.8 Å². The van der Waals surface area contributed by atoms with Crippen LogP contribution in [0.25, 0.3) is 10.9 Å². The first-order valence-corrected chi connectivity index (χ1v) is 48.5. The highest BCUT2D eigenvalue weighted by atomic mass is 16.4. The number of benzene rings is 4. The number of hydrogen-bond acceptors (Lipinski definition) is 21. The zero-order valence-corrected chi connectivity index (χ0v) is 83.7. The fourth-order valence-electron chi connectivity index (χ4n) is 15.6. The minimum atomic E-state index is -1.81. The van der Waals surface area contributed by atoms with Crippen LogP contribution in [-0.2, 0) is 107 Å². The largest absolute Gasteiger partial charge is 0.508 e. The fourth-order valence-corrected chi connectivity index (χ4v) is 15.6. The number of carboxylic acid groups (broad SMARTS) is 2. The van der Waals surface area contributed by atoms with Crippen LogP contribution >= 0.6 is 0 Å². The van der Waals surface area contributed by atoms with Gasteiger partial charge in [-0.25, -0.2) is 4.79 Å². The molecule has 0 saturated heterocycles. The minimum absolute atomic E-state index is 0.00861. The van der Waals surface area contributed by atoms with E-state index < -0.39 is 229 Å². The van der Waals surface area contributed by atoms with E-state index in [1.807, 2.05) is 27.7 Å². The Bertz CT molecular complexity index is 4920. The SMILES string of the molecule is CC[C@H](C)[C@H](NC(=O)[C@H](C)NC(=O)[C@H](Cc1ccccc1)NC(=O)[C@H](CO)NC(=O)[C@@H](N)C(C)C)C(=O)N[C@@H](CCCCN)C(=O)N[C@@H](Cc1c[nH]c2ccccc12)C(=O)N[C@@H](CCC(=O)O)C(=O)N[C@@H](Cc1ccc(O)cc1)C(=O)N[C@H](C(=O)N[C@@H](CC(C)C)C(=O)N[C@@H](CC(C)C)C(=O)N[C@@H](CC(C)C)C(=O)N[C@@H](Cc1ccccc1)C(=O)N[C@@H](CC(C)C)C(=O)N[C@@H](CC(C)C)C(=O)O)C(C)C. The van der Waals surface area contributed by atoms with Crippen LogP contribution < -0.4 is 91.2 Å². The second-order valence-electron chi connectivity index (χ2n) is 39.0. The van der Waals surface area contributed by atoms with Crippen LogP contribution in [0.5, 0.6) is 5.75 Å². The third kappa shape index (κ3) is 40.1. The van der Waals surface area contributed by atoms with Crippen molar-refractivity contribution in [3.05, 3.63) is 138 Å². The quantitative estimate of drug-likeness (QED) is 0.0248. The maximum Gasteiger partial charge on any atom is 0.326 e. The molecule has 5 aromatic rings. The number of nitrogens with two attached hydrogens (primary N) is 2. The number of aromatic nitrogens is 1. The van der Waals surface area contributed by atoms with Gasteiger partial charge in [0.15, 0.2) is 0 Å². The maximum absolute atomic E-state index is 15.4. The lowest BCUT2D eigenvalue weighted by Crippen LogP contribution is -2.62. The lowest BCUT2D eigenvalue weighted by atomic mass is 9.96. The van der Waals surface area contributed by atoms with Crippen molar-refractivity contribution in [3.63, 3.8) is 0 Å². The van der Waals surface area contributed by atoms with Crippen molar-refractivity contribution in [1.29, 1.82) is 0 Å². The second-order valence-corrected chi connectivity index (χ2v) is 39.0. The first-order chi connectivity index (χ1) is 66.0. The molecule has 0 aliphatic rings. The zero-order valence-electron chi connectivity index (χ0n) is 83.7. The Morgan fingerprint density at radius 2 is 0.671 bits per heavy atom. The summed E-state index contributed by atoms with van der Waals surface area (Å²) in [5.74, 6) is -18.8. The molecule has 0 radical (unpaired) electrons. The number of aliphatic carboxylic acids is 2. The highest BCUT2D eigenvalue weighted by molar-refractivity contribution is 6.02. The van der Waals surface area contributed by atoms with Crippen molar-refractivity contribution < 1.29 is 102 Å². The van der Waals surface area contributed by atoms with Gasteiger partial charge in [-0.2, -0.15) is 0 Å². The van der Waals surface area contributed by atoms with Gasteiger partial charge in [-0.15, -0.1) is 0 Å². The molecular formula is C101H152N18O21. The molecule has 0 spiro atoms. The monoisotopic (exact) mass is 1950 g/mol. The second kappa shape index (κ2) is 58.9. The molecule has 1 aromatic heterocycles. The number of fused-ring (bicyclic) bond motifs is 1. The molecule has 39 heteroatoms. The van der Waals surface area contributed by atoms with Crippen LogP contribution in [0.15, 0.2) is 115 Å². The summed E-state index contributed by atoms with van der Waals surface area (Å²) in [6, 6.07) is 7.01. The van der Waals surface area contributed by atoms with Gasteiger partial charge < -0.3 is 117 Å². The van der Waals surface area contributed by atoms with E-state index in [2.05, 4.69) is 84.7 Å². The standard InChI is InChI=1S/C101H152N18O21/c1-18-61(16)85(119-86(124)62(17)105-89(127)76(48-63-29-21-19-22-30-63)113-97(135)81(53-120)117-98(136)83(103)59(12)13)100(138)107-70(35-27-28-42-102)87(125)114-79(51-66-52-104-69-34-26-25-33-68(66)69)95(133)106-71(40-41-82(122)123)88(126)111-78(50-65-36-38-67(121)39-37-65)96(134)118-84(60(14)15)99(137)115-75(46-57(8)9)92(130)109-72(43-54(2)3)90(128)108-73(44-55(4)5)91(129)112-77(49-64-31-23-20-24-32-64)94(132)110-74(45-56(6)7)93(131)116-80(101(139)140)47-58(10)11/h19-26,29-34,36-39,52,54-62,70-81,83-85,104,120-121H,18,27-28,35,40-51,53,102-103H2,1-17H3,(H,105,127)(H,106,133)(H,107,138)(H,108,128)(H,109,130)(H,110,132)(H,111,126)(H,112,129)(H,113,135)(H,114,125)(H,115,137)(H,116,131)(H,117,136)(H,118,134)(H,119,124)(H,122,123)(H,139,140)/t61-,62-,70-,71-,72-,73-,74-,75-,76-,77-,78-,79-,80-,81-,83-,84-,85-/m0/s1. The molecule has 1 heterocycles. The topological polar surface area (TPSA) is 619 Å². The van der Waals surface area contributed by atoms with E-state index in [-0.39, 0.29) is 125 Å². The van der Waals surface area contributed by atoms with Gasteiger partial charge in [0.05, 0.1) is 12.6 Å². The molecule has 0 saturated carbocycles. The summed E-state index contributed by atoms with van der Waals surface area (Å²) in [5, 5.41) is 81.7. The molecule has 140 heavy (non-hydrogen) atoms. The van der Waals surface area contributed by atoms with Crippen LogP contribution in [0.2, 0.25) is 0 Å². The van der Waals surface area contributed by atoms with Gasteiger partial charge >= 0.3 is 11.9 Å². The van der Waals surface area contributed by atoms with Crippen molar-refractivity contribution in [1.82, 2.24) is 84.7 Å².